The van der Waals surface area contributed by atoms with Gasteiger partial charge in [0.25, 0.3) is 0 Å². The first kappa shape index (κ1) is 4.99. The monoisotopic (exact) mass is 300 g/mol. The third-order valence-electron chi connectivity index (χ3n) is 4.37. The molecule has 3 aliphatic rings. The number of piperidine rings is 1. The van der Waals surface area contributed by atoms with E-state index in [9.17, 15) is 2.74 Å². The van der Waals surface area contributed by atoms with Gasteiger partial charge in [0.2, 0.25) is 0 Å². The van der Waals surface area contributed by atoms with Gasteiger partial charge in [-0.3, -0.25) is 0 Å². The van der Waals surface area contributed by atoms with Gasteiger partial charge in [-0.1, -0.05) is 13.0 Å². The van der Waals surface area contributed by atoms with Crippen LogP contribution in [0.4, 0.5) is 0 Å². The van der Waals surface area contributed by atoms with Crippen LogP contribution in [0, 0.1) is 11.8 Å². The second-order valence-electron chi connectivity index (χ2n) is 5.57. The first-order valence-corrected chi connectivity index (χ1v) is 6.94. The van der Waals surface area contributed by atoms with Crippen molar-refractivity contribution in [1.82, 2.24) is 4.90 Å². The minimum Gasteiger partial charge on any atom is -0.497 e. The predicted molar refractivity (Wildman–Crippen MR) is 85.9 cm³/mol. The second kappa shape index (κ2) is 4.74. The molecule has 1 aromatic carbocycles. The number of ether oxygens (including phenoxy) is 1. The average molecular weight is 301 g/mol. The zero-order chi connectivity index (χ0) is 27.9. The first-order chi connectivity index (χ1) is 16.0. The fourth-order valence-electron chi connectivity index (χ4n) is 3.32. The number of benzene rings is 1. The highest BCUT2D eigenvalue weighted by atomic mass is 16.5. The quantitative estimate of drug-likeness (QED) is 0.785. The molecular formula is C19H27NO. The highest BCUT2D eigenvalue weighted by molar-refractivity contribution is 5.45. The van der Waals surface area contributed by atoms with E-state index >= 15 is 0 Å². The topological polar surface area (TPSA) is 12.5 Å². The lowest BCUT2D eigenvalue weighted by atomic mass is 9.51. The molecule has 1 saturated heterocycles. The molecule has 2 fully saturated rings. The number of hydrogen-bond donors (Lipinski definition) is 0. The largest absolute Gasteiger partial charge is 0.497 e. The van der Waals surface area contributed by atoms with Crippen LogP contribution in [-0.4, -0.2) is 31.5 Å². The Kier molecular flexibility index (Phi) is 1.13. The van der Waals surface area contributed by atoms with Crippen LogP contribution in [0.1, 0.15) is 64.2 Å². The third-order valence-corrected chi connectivity index (χ3v) is 4.37. The fraction of sp³-hybridized carbons (Fsp3) is 0.684. The number of fused-ring (bicyclic) bond motifs is 1. The smallest absolute Gasteiger partial charge is 0.119 e. The summed E-state index contributed by atoms with van der Waals surface area (Å²) in [4.78, 5) is 0.579. The van der Waals surface area contributed by atoms with Gasteiger partial charge in [-0.25, -0.2) is 0 Å². The van der Waals surface area contributed by atoms with Crippen LogP contribution < -0.4 is 4.74 Å². The molecule has 0 amide bonds. The zero-order valence-corrected chi connectivity index (χ0v) is 12.0. The van der Waals surface area contributed by atoms with Crippen LogP contribution in [0.15, 0.2) is 18.1 Å². The summed E-state index contributed by atoms with van der Waals surface area (Å²) in [5, 5.41) is 0. The first-order valence-electron chi connectivity index (χ1n) is 14.4. The fourth-order valence-corrected chi connectivity index (χ4v) is 3.32. The lowest BCUT2D eigenvalue weighted by Gasteiger charge is -2.59. The molecule has 4 atom stereocenters. The molecule has 1 aliphatic heterocycles. The third kappa shape index (κ3) is 1.88. The number of rotatable bonds is 1. The van der Waals surface area contributed by atoms with Gasteiger partial charge in [-0.15, -0.1) is 0 Å². The summed E-state index contributed by atoms with van der Waals surface area (Å²) < 4.78 is 136. The second-order valence-corrected chi connectivity index (χ2v) is 5.57. The molecule has 114 valence electrons. The van der Waals surface area contributed by atoms with E-state index in [1.807, 2.05) is 0 Å². The van der Waals surface area contributed by atoms with Gasteiger partial charge in [0, 0.05) is 27.9 Å². The number of likely N-dealkylation sites (N-methyl/N-ethyl adjacent to an activating group) is 1. The molecule has 1 aromatic rings. The van der Waals surface area contributed by atoms with Crippen molar-refractivity contribution in [2.24, 2.45) is 11.8 Å². The van der Waals surface area contributed by atoms with E-state index in [4.69, 9.17) is 22.6 Å². The molecule has 1 unspecified atom stereocenters. The Balaban J connectivity index is 2.33. The molecule has 1 saturated carbocycles. The molecule has 2 nitrogen and oxygen atoms in total. The van der Waals surface area contributed by atoms with Crippen LogP contribution in [0.5, 0.6) is 5.75 Å². The highest BCUT2D eigenvalue weighted by Crippen LogP contribution is 2.56. The minimum atomic E-state index is -3.33. The van der Waals surface area contributed by atoms with Crippen LogP contribution in [0.2, 0.25) is 0 Å². The van der Waals surface area contributed by atoms with E-state index in [-0.39, 0.29) is 5.56 Å². The van der Waals surface area contributed by atoms with E-state index in [1.165, 1.54) is 0 Å². The van der Waals surface area contributed by atoms with Crippen molar-refractivity contribution in [1.29, 1.82) is 0 Å². The Labute approximate surface area is 149 Å². The van der Waals surface area contributed by atoms with Gasteiger partial charge in [0.15, 0.2) is 0 Å². The summed E-state index contributed by atoms with van der Waals surface area (Å²) in [6, 6.07) is -4.63. The number of nitrogens with zero attached hydrogens (tertiary/aromatic N) is 1. The van der Waals surface area contributed by atoms with E-state index in [0.29, 0.717) is 4.90 Å². The molecule has 1 heterocycles. The maximum Gasteiger partial charge on any atom is 0.119 e. The number of methoxy groups -OCH3 is 1. The maximum atomic E-state index is 9.65. The average Bonchev–Trinajstić information content (AvgIpc) is 2.71. The zero-order valence-electron chi connectivity index (χ0n) is 27.0. The van der Waals surface area contributed by atoms with Crippen LogP contribution in [0.25, 0.3) is 0 Å². The summed E-state index contributed by atoms with van der Waals surface area (Å²) in [7, 11) is 1.12. The Hall–Kier alpha value is -1.02. The van der Waals surface area contributed by atoms with Gasteiger partial charge >= 0.3 is 0 Å². The number of likely N-dealkylation sites (tertiary alicyclic amines) is 1. The molecule has 0 N–H and O–H groups in total. The number of hydrogen-bond acceptors (Lipinski definition) is 2. The van der Waals surface area contributed by atoms with Crippen molar-refractivity contribution >= 4 is 0 Å². The van der Waals surface area contributed by atoms with Crippen molar-refractivity contribution in [3.05, 3.63) is 29.3 Å². The summed E-state index contributed by atoms with van der Waals surface area (Å²) in [5.74, 6) is -6.57. The normalized spacial score (nSPS) is 67.2. The predicted octanol–water partition coefficient (Wildman–Crippen LogP) is 3.63. The highest BCUT2D eigenvalue weighted by Gasteiger charge is 2.54. The van der Waals surface area contributed by atoms with Gasteiger partial charge in [0.1, 0.15) is 5.75 Å². The van der Waals surface area contributed by atoms with Crippen LogP contribution in [0.3, 0.4) is 0 Å². The maximum absolute atomic E-state index is 9.65. The van der Waals surface area contributed by atoms with Gasteiger partial charge < -0.3 is 9.64 Å². The lowest BCUT2D eigenvalue weighted by molar-refractivity contribution is -0.0112. The molecule has 0 aromatic heterocycles. The molecule has 21 heavy (non-hydrogen) atoms. The Morgan fingerprint density at radius 2 is 2.48 bits per heavy atom. The SMILES string of the molecule is [2H]c1c([2H])c(OC)c([2H])c2c1C[C@]1([2H])N(C([2H])([2H])[2H])CC[C@]23C([2H])([2H])C([2H])([2H])C([2H])(C)C([2H])([2H])[C@]13[2H]. The van der Waals surface area contributed by atoms with Crippen molar-refractivity contribution in [3.63, 3.8) is 0 Å². The Bertz CT molecular complexity index is 1150. The molecule has 4 rings (SSSR count). The Morgan fingerprint density at radius 1 is 1.57 bits per heavy atom. The van der Waals surface area contributed by atoms with Crippen molar-refractivity contribution < 1.29 is 25.3 Å². The van der Waals surface area contributed by atoms with Crippen molar-refractivity contribution in [2.75, 3.05) is 20.6 Å². The molecule has 2 bridgehead atoms. The summed E-state index contributed by atoms with van der Waals surface area (Å²) >= 11 is 0. The molecule has 0 spiro atoms. The van der Waals surface area contributed by atoms with E-state index in [0.717, 1.165) is 14.0 Å². The van der Waals surface area contributed by atoms with Gasteiger partial charge in [-0.05, 0) is 80.5 Å². The van der Waals surface area contributed by atoms with Gasteiger partial charge in [-0.2, -0.15) is 0 Å². The standard InChI is InChI=1S/C19H27NO/c1-13-6-7-19-8-9-20(2)18(17(19)10-13)11-14-4-5-15(21-3)12-16(14)19/h4-5,12-13,17-18H,6-11H2,1-3H3/t13?,17-,18+,19-/m1/s1/i2D3,4D,5D,6D2,7D2,10D2,12D,13D,17D,18D. The Morgan fingerprint density at radius 3 is 3.29 bits per heavy atom. The van der Waals surface area contributed by atoms with E-state index < -0.39 is 98.1 Å². The van der Waals surface area contributed by atoms with E-state index in [1.54, 1.807) is 0 Å². The van der Waals surface area contributed by atoms with Crippen LogP contribution in [-0.2, 0) is 11.8 Å². The van der Waals surface area contributed by atoms with Crippen LogP contribution >= 0.6 is 0 Å². The van der Waals surface area contributed by atoms with Crippen molar-refractivity contribution in [3.8, 4) is 5.75 Å². The molecule has 0 radical (unpaired) electrons. The molecular weight excluding hydrogens is 258 g/mol. The lowest BCUT2D eigenvalue weighted by Crippen LogP contribution is -2.60. The summed E-state index contributed by atoms with van der Waals surface area (Å²) in [5.41, 5.74) is -3.41. The molecule has 2 heteroatoms. The van der Waals surface area contributed by atoms with E-state index in [2.05, 4.69) is 0 Å². The van der Waals surface area contributed by atoms with Gasteiger partial charge in [0.05, 0.1) is 11.2 Å². The minimum absolute atomic E-state index is 0.290. The summed E-state index contributed by atoms with van der Waals surface area (Å²) in [6.07, 6.45) is -11.4. The molecule has 2 aliphatic carbocycles. The van der Waals surface area contributed by atoms with Crippen molar-refractivity contribution in [2.45, 2.75) is 50.3 Å². The summed E-state index contributed by atoms with van der Waals surface area (Å²) in [6.45, 7) is -2.81.